The van der Waals surface area contributed by atoms with E-state index in [1.807, 2.05) is 6.92 Å². The lowest BCUT2D eigenvalue weighted by Crippen LogP contribution is -2.49. The Hall–Kier alpha value is -0.180. The highest BCUT2D eigenvalue weighted by atomic mass is 32.2. The van der Waals surface area contributed by atoms with Crippen LogP contribution in [0.1, 0.15) is 26.2 Å². The minimum absolute atomic E-state index is 0.0738. The quantitative estimate of drug-likeness (QED) is 0.778. The van der Waals surface area contributed by atoms with Crippen molar-refractivity contribution >= 4 is 20.0 Å². The molecule has 2 rings (SSSR count). The third-order valence-corrected chi connectivity index (χ3v) is 6.92. The van der Waals surface area contributed by atoms with Crippen molar-refractivity contribution < 1.29 is 16.8 Å². The zero-order valence-electron chi connectivity index (χ0n) is 10.5. The molecule has 0 radical (unpaired) electrons. The minimum atomic E-state index is -3.53. The van der Waals surface area contributed by atoms with Crippen molar-refractivity contribution in [2.45, 2.75) is 32.2 Å². The first-order valence-corrected chi connectivity index (χ1v) is 9.52. The lowest BCUT2D eigenvalue weighted by Gasteiger charge is -2.30. The van der Waals surface area contributed by atoms with Gasteiger partial charge in [0.05, 0.1) is 11.5 Å². The molecule has 0 bridgehead atoms. The van der Waals surface area contributed by atoms with Crippen molar-refractivity contribution in [1.82, 2.24) is 9.03 Å². The van der Waals surface area contributed by atoms with Crippen LogP contribution in [0.15, 0.2) is 0 Å². The van der Waals surface area contributed by atoms with Gasteiger partial charge in [-0.25, -0.2) is 8.42 Å². The van der Waals surface area contributed by atoms with E-state index in [4.69, 9.17) is 0 Å². The summed E-state index contributed by atoms with van der Waals surface area (Å²) in [5, 5.41) is 0. The number of rotatable bonds is 3. The van der Waals surface area contributed by atoms with Crippen LogP contribution >= 0.6 is 0 Å². The summed E-state index contributed by atoms with van der Waals surface area (Å²) < 4.78 is 50.8. The summed E-state index contributed by atoms with van der Waals surface area (Å²) in [6, 6.07) is -0.461. The Kier molecular flexibility index (Phi) is 4.01. The van der Waals surface area contributed by atoms with Gasteiger partial charge >= 0.3 is 0 Å². The number of sulfone groups is 1. The van der Waals surface area contributed by atoms with Crippen molar-refractivity contribution in [3.63, 3.8) is 0 Å². The van der Waals surface area contributed by atoms with E-state index in [0.717, 1.165) is 12.8 Å². The fourth-order valence-electron chi connectivity index (χ4n) is 2.54. The summed E-state index contributed by atoms with van der Waals surface area (Å²) in [6.45, 7) is 3.08. The molecule has 2 heterocycles. The first-order chi connectivity index (χ1) is 8.28. The minimum Gasteiger partial charge on any atom is -0.229 e. The summed E-state index contributed by atoms with van der Waals surface area (Å²) >= 11 is 0. The van der Waals surface area contributed by atoms with Gasteiger partial charge < -0.3 is 0 Å². The van der Waals surface area contributed by atoms with Gasteiger partial charge in [0, 0.05) is 19.1 Å². The molecule has 2 fully saturated rings. The van der Waals surface area contributed by atoms with Crippen LogP contribution in [0.25, 0.3) is 0 Å². The number of hydrogen-bond donors (Lipinski definition) is 1. The summed E-state index contributed by atoms with van der Waals surface area (Å²) in [7, 11) is -6.59. The zero-order chi connectivity index (χ0) is 13.4. The summed E-state index contributed by atoms with van der Waals surface area (Å²) in [4.78, 5) is 0. The molecule has 0 aromatic carbocycles. The number of nitrogens with zero attached hydrogens (tertiary/aromatic N) is 1. The van der Waals surface area contributed by atoms with Crippen LogP contribution in [0.4, 0.5) is 0 Å². The van der Waals surface area contributed by atoms with Crippen LogP contribution in [0.3, 0.4) is 0 Å². The van der Waals surface area contributed by atoms with Gasteiger partial charge in [-0.3, -0.25) is 0 Å². The second-order valence-corrected chi connectivity index (χ2v) is 9.26. The Morgan fingerprint density at radius 1 is 1.28 bits per heavy atom. The molecular formula is C10H20N2O4S2. The molecule has 0 aromatic heterocycles. The molecule has 1 N–H and O–H groups in total. The van der Waals surface area contributed by atoms with Gasteiger partial charge in [0.2, 0.25) is 0 Å². The Balaban J connectivity index is 1.99. The maximum Gasteiger partial charge on any atom is 0.279 e. The molecule has 0 saturated carbocycles. The molecule has 2 aliphatic rings. The standard InChI is InChI=1S/C10H20N2O4S2/c1-9-3-2-5-12(7-9)18(15,16)11-10-4-6-17(13,14)8-10/h9-11H,2-8H2,1H3. The Bertz CT molecular complexity index is 500. The van der Waals surface area contributed by atoms with E-state index in [-0.39, 0.29) is 11.5 Å². The van der Waals surface area contributed by atoms with Gasteiger partial charge in [0.25, 0.3) is 10.2 Å². The highest BCUT2D eigenvalue weighted by Gasteiger charge is 2.34. The van der Waals surface area contributed by atoms with Crippen LogP contribution in [0.5, 0.6) is 0 Å². The maximum atomic E-state index is 12.1. The fourth-order valence-corrected chi connectivity index (χ4v) is 5.91. The average Bonchev–Trinajstić information content (AvgIpc) is 2.57. The lowest BCUT2D eigenvalue weighted by molar-refractivity contribution is 0.277. The van der Waals surface area contributed by atoms with Crippen LogP contribution in [-0.2, 0) is 20.0 Å². The smallest absolute Gasteiger partial charge is 0.229 e. The van der Waals surface area contributed by atoms with E-state index in [2.05, 4.69) is 4.72 Å². The van der Waals surface area contributed by atoms with E-state index < -0.39 is 26.1 Å². The molecule has 2 unspecified atom stereocenters. The number of nitrogens with one attached hydrogen (secondary N) is 1. The van der Waals surface area contributed by atoms with Gasteiger partial charge in [-0.1, -0.05) is 6.92 Å². The third kappa shape index (κ3) is 3.43. The van der Waals surface area contributed by atoms with Crippen LogP contribution in [0, 0.1) is 5.92 Å². The van der Waals surface area contributed by atoms with E-state index >= 15 is 0 Å². The second-order valence-electron chi connectivity index (χ2n) is 5.33. The topological polar surface area (TPSA) is 83.6 Å². The number of hydrogen-bond acceptors (Lipinski definition) is 4. The van der Waals surface area contributed by atoms with Gasteiger partial charge in [0.1, 0.15) is 0 Å². The molecule has 0 aromatic rings. The monoisotopic (exact) mass is 296 g/mol. The van der Waals surface area contributed by atoms with E-state index in [9.17, 15) is 16.8 Å². The van der Waals surface area contributed by atoms with Gasteiger partial charge in [-0.2, -0.15) is 17.4 Å². The molecule has 0 amide bonds. The Morgan fingerprint density at radius 3 is 2.56 bits per heavy atom. The molecular weight excluding hydrogens is 276 g/mol. The largest absolute Gasteiger partial charge is 0.279 e. The van der Waals surface area contributed by atoms with Crippen LogP contribution < -0.4 is 4.72 Å². The van der Waals surface area contributed by atoms with Gasteiger partial charge in [-0.15, -0.1) is 0 Å². The molecule has 2 aliphatic heterocycles. The molecule has 2 atom stereocenters. The first kappa shape index (κ1) is 14.2. The SMILES string of the molecule is CC1CCCN(S(=O)(=O)NC2CCS(=O)(=O)C2)C1. The van der Waals surface area contributed by atoms with Crippen molar-refractivity contribution in [2.24, 2.45) is 5.92 Å². The summed E-state index contributed by atoms with van der Waals surface area (Å²) in [6.07, 6.45) is 2.29. The molecule has 0 aliphatic carbocycles. The Labute approximate surface area is 109 Å². The Morgan fingerprint density at radius 2 is 2.00 bits per heavy atom. The van der Waals surface area contributed by atoms with E-state index in [0.29, 0.717) is 25.4 Å². The third-order valence-electron chi connectivity index (χ3n) is 3.51. The summed E-state index contributed by atoms with van der Waals surface area (Å²) in [5.74, 6) is 0.370. The fraction of sp³-hybridized carbons (Fsp3) is 1.00. The van der Waals surface area contributed by atoms with Crippen LogP contribution in [-0.4, -0.2) is 51.8 Å². The van der Waals surface area contributed by atoms with E-state index in [1.165, 1.54) is 4.31 Å². The molecule has 8 heteroatoms. The maximum absolute atomic E-state index is 12.1. The lowest BCUT2D eigenvalue weighted by atomic mass is 10.0. The molecule has 0 spiro atoms. The predicted molar refractivity (Wildman–Crippen MR) is 69.1 cm³/mol. The van der Waals surface area contributed by atoms with E-state index in [1.54, 1.807) is 0 Å². The van der Waals surface area contributed by atoms with Gasteiger partial charge in [-0.05, 0) is 25.2 Å². The highest BCUT2D eigenvalue weighted by Crippen LogP contribution is 2.19. The summed E-state index contributed by atoms with van der Waals surface area (Å²) in [5.41, 5.74) is 0. The zero-order valence-corrected chi connectivity index (χ0v) is 12.1. The van der Waals surface area contributed by atoms with Crippen molar-refractivity contribution in [1.29, 1.82) is 0 Å². The second kappa shape index (κ2) is 5.07. The first-order valence-electron chi connectivity index (χ1n) is 6.26. The normalized spacial score (nSPS) is 33.6. The average molecular weight is 296 g/mol. The van der Waals surface area contributed by atoms with Gasteiger partial charge in [0.15, 0.2) is 9.84 Å². The molecule has 6 nitrogen and oxygen atoms in total. The van der Waals surface area contributed by atoms with Crippen molar-refractivity contribution in [2.75, 3.05) is 24.6 Å². The molecule has 2 saturated heterocycles. The predicted octanol–water partition coefficient (Wildman–Crippen LogP) is -0.260. The number of piperidine rings is 1. The molecule has 18 heavy (non-hydrogen) atoms. The van der Waals surface area contributed by atoms with Crippen molar-refractivity contribution in [3.8, 4) is 0 Å². The van der Waals surface area contributed by atoms with Crippen molar-refractivity contribution in [3.05, 3.63) is 0 Å². The van der Waals surface area contributed by atoms with Crippen LogP contribution in [0.2, 0.25) is 0 Å². The molecule has 106 valence electrons. The highest BCUT2D eigenvalue weighted by molar-refractivity contribution is 7.91.